The normalized spacial score (nSPS) is 10.9. The highest BCUT2D eigenvalue weighted by Gasteiger charge is 2.14. The Balaban J connectivity index is 1.70. The van der Waals surface area contributed by atoms with E-state index < -0.39 is 0 Å². The van der Waals surface area contributed by atoms with Crippen LogP contribution in [0, 0.1) is 0 Å². The maximum Gasteiger partial charge on any atom is 0.265 e. The van der Waals surface area contributed by atoms with Gasteiger partial charge >= 0.3 is 0 Å². The summed E-state index contributed by atoms with van der Waals surface area (Å²) < 4.78 is 10.4. The Morgan fingerprint density at radius 2 is 1.93 bits per heavy atom. The SMILES string of the molecule is COc1cccc(NC(=O)c2cc3cc4ccc(OC)c(Cl)c4nc3s2)c1. The summed E-state index contributed by atoms with van der Waals surface area (Å²) in [6.45, 7) is 0. The fourth-order valence-electron chi connectivity index (χ4n) is 2.81. The van der Waals surface area contributed by atoms with E-state index in [1.54, 1.807) is 26.4 Å². The number of methoxy groups -OCH3 is 2. The van der Waals surface area contributed by atoms with Crippen LogP contribution in [0.1, 0.15) is 9.67 Å². The number of rotatable bonds is 4. The second-order valence-electron chi connectivity index (χ2n) is 5.83. The number of hydrogen-bond acceptors (Lipinski definition) is 5. The van der Waals surface area contributed by atoms with E-state index >= 15 is 0 Å². The number of nitrogens with zero attached hydrogens (tertiary/aromatic N) is 1. The molecule has 5 nitrogen and oxygen atoms in total. The number of amides is 1. The molecule has 0 atom stereocenters. The predicted octanol–water partition coefficient (Wildman–Crippen LogP) is 5.37. The summed E-state index contributed by atoms with van der Waals surface area (Å²) in [5.74, 6) is 1.06. The molecule has 136 valence electrons. The fourth-order valence-corrected chi connectivity index (χ4v) is 4.01. The van der Waals surface area contributed by atoms with E-state index in [1.165, 1.54) is 11.3 Å². The van der Waals surface area contributed by atoms with Crippen LogP contribution in [-0.2, 0) is 0 Å². The maximum absolute atomic E-state index is 12.6. The van der Waals surface area contributed by atoms with Gasteiger partial charge in [0.05, 0.1) is 24.6 Å². The van der Waals surface area contributed by atoms with Gasteiger partial charge in [0, 0.05) is 22.5 Å². The van der Waals surface area contributed by atoms with Crippen molar-refractivity contribution >= 4 is 55.7 Å². The first-order chi connectivity index (χ1) is 13.1. The van der Waals surface area contributed by atoms with E-state index in [-0.39, 0.29) is 5.91 Å². The van der Waals surface area contributed by atoms with Gasteiger partial charge in [0.2, 0.25) is 0 Å². The molecule has 27 heavy (non-hydrogen) atoms. The van der Waals surface area contributed by atoms with Crippen LogP contribution in [0.5, 0.6) is 11.5 Å². The minimum Gasteiger partial charge on any atom is -0.497 e. The third-order valence-corrected chi connectivity index (χ3v) is 5.56. The highest BCUT2D eigenvalue weighted by molar-refractivity contribution is 7.20. The number of carbonyl (C=O) groups is 1. The lowest BCUT2D eigenvalue weighted by atomic mass is 10.2. The largest absolute Gasteiger partial charge is 0.497 e. The highest BCUT2D eigenvalue weighted by atomic mass is 35.5. The number of benzene rings is 2. The van der Waals surface area contributed by atoms with E-state index in [2.05, 4.69) is 10.3 Å². The third kappa shape index (κ3) is 3.29. The molecule has 0 aliphatic rings. The summed E-state index contributed by atoms with van der Waals surface area (Å²) in [4.78, 5) is 18.6. The van der Waals surface area contributed by atoms with Gasteiger partial charge in [-0.05, 0) is 36.4 Å². The Kier molecular flexibility index (Phi) is 4.59. The average molecular weight is 399 g/mol. The number of aromatic nitrogens is 1. The minimum atomic E-state index is -0.195. The molecule has 2 heterocycles. The van der Waals surface area contributed by atoms with Crippen molar-refractivity contribution in [1.82, 2.24) is 4.98 Å². The Morgan fingerprint density at radius 3 is 2.70 bits per heavy atom. The first kappa shape index (κ1) is 17.6. The smallest absolute Gasteiger partial charge is 0.265 e. The van der Waals surface area contributed by atoms with E-state index in [0.717, 1.165) is 15.6 Å². The molecule has 1 N–H and O–H groups in total. The Morgan fingerprint density at radius 1 is 1.07 bits per heavy atom. The molecule has 0 bridgehead atoms. The molecule has 0 aliphatic carbocycles. The maximum atomic E-state index is 12.6. The van der Waals surface area contributed by atoms with Crippen molar-refractivity contribution in [2.75, 3.05) is 19.5 Å². The monoisotopic (exact) mass is 398 g/mol. The van der Waals surface area contributed by atoms with Gasteiger partial charge in [-0.3, -0.25) is 4.79 Å². The lowest BCUT2D eigenvalue weighted by Gasteiger charge is -2.05. The van der Waals surface area contributed by atoms with Gasteiger partial charge in [-0.15, -0.1) is 11.3 Å². The van der Waals surface area contributed by atoms with Crippen LogP contribution in [0.15, 0.2) is 48.5 Å². The molecule has 0 radical (unpaired) electrons. The summed E-state index contributed by atoms with van der Waals surface area (Å²) in [5, 5.41) is 5.14. The van der Waals surface area contributed by atoms with E-state index in [4.69, 9.17) is 21.1 Å². The van der Waals surface area contributed by atoms with Crippen LogP contribution in [-0.4, -0.2) is 25.1 Å². The molecule has 2 aromatic carbocycles. The summed E-state index contributed by atoms with van der Waals surface area (Å²) >= 11 is 7.69. The number of anilines is 1. The van der Waals surface area contributed by atoms with Crippen LogP contribution in [0.25, 0.3) is 21.1 Å². The third-order valence-electron chi connectivity index (χ3n) is 4.15. The molecule has 1 amide bonds. The van der Waals surface area contributed by atoms with Crippen LogP contribution < -0.4 is 14.8 Å². The van der Waals surface area contributed by atoms with Gasteiger partial charge in [0.1, 0.15) is 21.4 Å². The molecular weight excluding hydrogens is 384 g/mol. The Hall–Kier alpha value is -2.83. The van der Waals surface area contributed by atoms with E-state index in [0.29, 0.717) is 32.6 Å². The zero-order valence-corrected chi connectivity index (χ0v) is 16.1. The van der Waals surface area contributed by atoms with Crippen molar-refractivity contribution in [1.29, 1.82) is 0 Å². The van der Waals surface area contributed by atoms with Crippen molar-refractivity contribution < 1.29 is 14.3 Å². The quantitative estimate of drug-likeness (QED) is 0.501. The number of ether oxygens (including phenoxy) is 2. The van der Waals surface area contributed by atoms with Gasteiger partial charge in [-0.25, -0.2) is 4.98 Å². The number of thiophene rings is 1. The van der Waals surface area contributed by atoms with Crippen molar-refractivity contribution in [3.63, 3.8) is 0 Å². The molecule has 0 fully saturated rings. The zero-order valence-electron chi connectivity index (χ0n) is 14.6. The Labute approximate surface area is 164 Å². The number of fused-ring (bicyclic) bond motifs is 2. The summed E-state index contributed by atoms with van der Waals surface area (Å²) in [7, 11) is 3.15. The van der Waals surface area contributed by atoms with Gasteiger partial charge in [-0.1, -0.05) is 17.7 Å². The van der Waals surface area contributed by atoms with Gasteiger partial charge in [0.25, 0.3) is 5.91 Å². The van der Waals surface area contributed by atoms with Crippen LogP contribution >= 0.6 is 22.9 Å². The number of hydrogen-bond donors (Lipinski definition) is 1. The predicted molar refractivity (Wildman–Crippen MR) is 110 cm³/mol. The second kappa shape index (κ2) is 7.06. The molecule has 0 unspecified atom stereocenters. The van der Waals surface area contributed by atoms with Crippen LogP contribution in [0.2, 0.25) is 5.02 Å². The summed E-state index contributed by atoms with van der Waals surface area (Å²) in [6.07, 6.45) is 0. The average Bonchev–Trinajstić information content (AvgIpc) is 3.10. The number of halogens is 1. The zero-order chi connectivity index (χ0) is 19.0. The molecule has 7 heteroatoms. The van der Waals surface area contributed by atoms with Crippen molar-refractivity contribution in [3.8, 4) is 11.5 Å². The lowest BCUT2D eigenvalue weighted by molar-refractivity contribution is 0.103. The molecule has 0 spiro atoms. The van der Waals surface area contributed by atoms with Gasteiger partial charge in [-0.2, -0.15) is 0 Å². The molecule has 0 saturated carbocycles. The standard InChI is InChI=1S/C20H15ClN2O3S/c1-25-14-5-3-4-13(10-14)22-19(24)16-9-12-8-11-6-7-15(26-2)17(21)18(11)23-20(12)27-16/h3-10H,1-2H3,(H,22,24). The molecule has 0 aliphatic heterocycles. The van der Waals surface area contributed by atoms with Crippen LogP contribution in [0.3, 0.4) is 0 Å². The first-order valence-corrected chi connectivity index (χ1v) is 9.30. The highest BCUT2D eigenvalue weighted by Crippen LogP contribution is 2.35. The second-order valence-corrected chi connectivity index (χ2v) is 7.24. The fraction of sp³-hybridized carbons (Fsp3) is 0.100. The van der Waals surface area contributed by atoms with Gasteiger partial charge in [0.15, 0.2) is 0 Å². The molecular formula is C20H15ClN2O3S. The summed E-state index contributed by atoms with van der Waals surface area (Å²) in [5.41, 5.74) is 1.33. The van der Waals surface area contributed by atoms with Gasteiger partial charge < -0.3 is 14.8 Å². The lowest BCUT2D eigenvalue weighted by Crippen LogP contribution is -2.09. The number of pyridine rings is 1. The number of nitrogens with one attached hydrogen (secondary N) is 1. The minimum absolute atomic E-state index is 0.195. The molecule has 2 aromatic heterocycles. The van der Waals surface area contributed by atoms with Crippen molar-refractivity contribution in [2.24, 2.45) is 0 Å². The first-order valence-electron chi connectivity index (χ1n) is 8.11. The van der Waals surface area contributed by atoms with E-state index in [1.807, 2.05) is 36.4 Å². The van der Waals surface area contributed by atoms with E-state index in [9.17, 15) is 4.79 Å². The molecule has 4 rings (SSSR count). The van der Waals surface area contributed by atoms with Crippen LogP contribution in [0.4, 0.5) is 5.69 Å². The summed E-state index contributed by atoms with van der Waals surface area (Å²) in [6, 6.07) is 14.7. The molecule has 0 saturated heterocycles. The Bertz CT molecular complexity index is 1170. The number of carbonyl (C=O) groups excluding carboxylic acids is 1. The molecule has 4 aromatic rings. The topological polar surface area (TPSA) is 60.5 Å². The van der Waals surface area contributed by atoms with Crippen molar-refractivity contribution in [2.45, 2.75) is 0 Å². The van der Waals surface area contributed by atoms with Crippen molar-refractivity contribution in [3.05, 3.63) is 58.4 Å².